The molecule has 2 rings (SSSR count). The van der Waals surface area contributed by atoms with Crippen LogP contribution in [0.1, 0.15) is 31.8 Å². The Morgan fingerprint density at radius 2 is 1.42 bits per heavy atom. The molecule has 3 N–H and O–H groups in total. The summed E-state index contributed by atoms with van der Waals surface area (Å²) in [5.41, 5.74) is 3.53. The lowest BCUT2D eigenvalue weighted by atomic mass is 10.1. The van der Waals surface area contributed by atoms with E-state index in [9.17, 15) is 9.59 Å². The summed E-state index contributed by atoms with van der Waals surface area (Å²) in [6, 6.07) is 15.3. The quantitative estimate of drug-likeness (QED) is 0.274. The van der Waals surface area contributed by atoms with Crippen LogP contribution in [0.2, 0.25) is 0 Å². The van der Waals surface area contributed by atoms with Crippen LogP contribution < -0.4 is 16.0 Å². The topological polar surface area (TPSA) is 85.8 Å². The van der Waals surface area contributed by atoms with E-state index in [1.54, 1.807) is 39.2 Å². The summed E-state index contributed by atoms with van der Waals surface area (Å²) >= 11 is 0. The van der Waals surface area contributed by atoms with Crippen LogP contribution in [0, 0.1) is 0 Å². The zero-order valence-corrected chi connectivity index (χ0v) is 20.9. The fourth-order valence-corrected chi connectivity index (χ4v) is 3.00. The Balaban J connectivity index is 0.00000480. The molecule has 0 aliphatic rings. The zero-order valence-electron chi connectivity index (χ0n) is 18.6. The SMILES string of the molecule is CN=C(NCCc1cccc(C(=O)NC)c1)NCCc1cccc(C(=O)N(C)C)c1.I. The summed E-state index contributed by atoms with van der Waals surface area (Å²) < 4.78 is 0. The van der Waals surface area contributed by atoms with Crippen LogP contribution in [0.4, 0.5) is 0 Å². The van der Waals surface area contributed by atoms with Crippen molar-refractivity contribution in [3.63, 3.8) is 0 Å². The first-order valence-electron chi connectivity index (χ1n) is 10.0. The summed E-state index contributed by atoms with van der Waals surface area (Å²) in [5, 5.41) is 9.22. The number of benzene rings is 2. The Hall–Kier alpha value is -2.62. The van der Waals surface area contributed by atoms with Gasteiger partial charge in [0.25, 0.3) is 11.8 Å². The second kappa shape index (κ2) is 13.6. The second-order valence-corrected chi connectivity index (χ2v) is 7.11. The van der Waals surface area contributed by atoms with Crippen molar-refractivity contribution in [3.8, 4) is 0 Å². The zero-order chi connectivity index (χ0) is 21.9. The third-order valence-electron chi connectivity index (χ3n) is 4.63. The third-order valence-corrected chi connectivity index (χ3v) is 4.63. The van der Waals surface area contributed by atoms with Gasteiger partial charge >= 0.3 is 0 Å². The van der Waals surface area contributed by atoms with Gasteiger partial charge in [0.15, 0.2) is 5.96 Å². The van der Waals surface area contributed by atoms with E-state index in [4.69, 9.17) is 0 Å². The van der Waals surface area contributed by atoms with Crippen LogP contribution in [-0.2, 0) is 12.8 Å². The number of guanidine groups is 1. The minimum absolute atomic E-state index is 0. The molecule has 0 aliphatic carbocycles. The van der Waals surface area contributed by atoms with E-state index in [1.165, 1.54) is 0 Å². The van der Waals surface area contributed by atoms with Crippen LogP contribution in [0.15, 0.2) is 53.5 Å². The fourth-order valence-electron chi connectivity index (χ4n) is 3.00. The maximum Gasteiger partial charge on any atom is 0.253 e. The molecule has 0 unspecified atom stereocenters. The van der Waals surface area contributed by atoms with E-state index in [0.717, 1.165) is 29.9 Å². The molecule has 31 heavy (non-hydrogen) atoms. The molecule has 0 bridgehead atoms. The van der Waals surface area contributed by atoms with Crippen LogP contribution in [0.3, 0.4) is 0 Å². The Kier molecular flexibility index (Phi) is 11.6. The van der Waals surface area contributed by atoms with Crippen LogP contribution in [0.5, 0.6) is 0 Å². The average Bonchev–Trinajstić information content (AvgIpc) is 2.77. The van der Waals surface area contributed by atoms with Gasteiger partial charge in [0.2, 0.25) is 0 Å². The molecule has 168 valence electrons. The summed E-state index contributed by atoms with van der Waals surface area (Å²) in [6.45, 7) is 1.40. The molecule has 0 fully saturated rings. The molecule has 0 saturated carbocycles. The molecular formula is C23H32IN5O2. The lowest BCUT2D eigenvalue weighted by Crippen LogP contribution is -2.39. The highest BCUT2D eigenvalue weighted by atomic mass is 127. The number of nitrogens with one attached hydrogen (secondary N) is 3. The van der Waals surface area contributed by atoms with Gasteiger partial charge < -0.3 is 20.9 Å². The summed E-state index contributed by atoms with van der Waals surface area (Å²) in [5.74, 6) is 0.638. The van der Waals surface area contributed by atoms with Gasteiger partial charge in [0, 0.05) is 52.4 Å². The lowest BCUT2D eigenvalue weighted by molar-refractivity contribution is 0.0827. The van der Waals surface area contributed by atoms with Gasteiger partial charge in [0.1, 0.15) is 0 Å². The van der Waals surface area contributed by atoms with Crippen LogP contribution in [-0.4, -0.2) is 64.0 Å². The maximum absolute atomic E-state index is 12.1. The van der Waals surface area contributed by atoms with Crippen molar-refractivity contribution in [2.45, 2.75) is 12.8 Å². The van der Waals surface area contributed by atoms with Gasteiger partial charge in [0.05, 0.1) is 0 Å². The predicted octanol–water partition coefficient (Wildman–Crippen LogP) is 2.32. The molecule has 0 radical (unpaired) electrons. The first kappa shape index (κ1) is 26.4. The summed E-state index contributed by atoms with van der Waals surface area (Å²) in [4.78, 5) is 29.7. The smallest absolute Gasteiger partial charge is 0.253 e. The van der Waals surface area contributed by atoms with E-state index in [-0.39, 0.29) is 35.8 Å². The molecule has 0 saturated heterocycles. The highest BCUT2D eigenvalue weighted by molar-refractivity contribution is 14.0. The molecule has 0 aliphatic heterocycles. The highest BCUT2D eigenvalue weighted by Crippen LogP contribution is 2.08. The number of rotatable bonds is 8. The largest absolute Gasteiger partial charge is 0.356 e. The van der Waals surface area contributed by atoms with Crippen LogP contribution >= 0.6 is 24.0 Å². The highest BCUT2D eigenvalue weighted by Gasteiger charge is 2.08. The van der Waals surface area contributed by atoms with E-state index in [0.29, 0.717) is 24.2 Å². The van der Waals surface area contributed by atoms with Gasteiger partial charge in [-0.1, -0.05) is 24.3 Å². The molecule has 0 spiro atoms. The van der Waals surface area contributed by atoms with Gasteiger partial charge in [-0.15, -0.1) is 24.0 Å². The third kappa shape index (κ3) is 8.56. The number of carbonyl (C=O) groups excluding carboxylic acids is 2. The van der Waals surface area contributed by atoms with Gasteiger partial charge in [-0.25, -0.2) is 0 Å². The molecule has 2 aromatic rings. The number of hydrogen-bond acceptors (Lipinski definition) is 3. The number of aliphatic imine (C=N–C) groups is 1. The van der Waals surface area contributed by atoms with Gasteiger partial charge in [-0.2, -0.15) is 0 Å². The minimum atomic E-state index is -0.0846. The monoisotopic (exact) mass is 537 g/mol. The van der Waals surface area contributed by atoms with Crippen molar-refractivity contribution in [1.29, 1.82) is 0 Å². The normalized spacial score (nSPS) is 10.6. The molecule has 0 heterocycles. The minimum Gasteiger partial charge on any atom is -0.356 e. The van der Waals surface area contributed by atoms with E-state index in [2.05, 4.69) is 20.9 Å². The van der Waals surface area contributed by atoms with Gasteiger partial charge in [-0.05, 0) is 48.2 Å². The second-order valence-electron chi connectivity index (χ2n) is 7.11. The fraction of sp³-hybridized carbons (Fsp3) is 0.348. The Morgan fingerprint density at radius 3 is 1.90 bits per heavy atom. The van der Waals surface area contributed by atoms with Crippen molar-refractivity contribution in [3.05, 3.63) is 70.8 Å². The van der Waals surface area contributed by atoms with Crippen molar-refractivity contribution >= 4 is 41.8 Å². The number of carbonyl (C=O) groups is 2. The molecule has 2 aromatic carbocycles. The average molecular weight is 537 g/mol. The molecule has 0 aromatic heterocycles. The molecule has 0 atom stereocenters. The lowest BCUT2D eigenvalue weighted by Gasteiger charge is -2.13. The molecule has 7 nitrogen and oxygen atoms in total. The Bertz CT molecular complexity index is 899. The van der Waals surface area contributed by atoms with E-state index >= 15 is 0 Å². The van der Waals surface area contributed by atoms with Crippen molar-refractivity contribution < 1.29 is 9.59 Å². The van der Waals surface area contributed by atoms with Crippen molar-refractivity contribution in [1.82, 2.24) is 20.9 Å². The van der Waals surface area contributed by atoms with E-state index in [1.807, 2.05) is 42.5 Å². The molecule has 2 amide bonds. The van der Waals surface area contributed by atoms with Crippen LogP contribution in [0.25, 0.3) is 0 Å². The Labute approximate surface area is 201 Å². The maximum atomic E-state index is 12.1. The van der Waals surface area contributed by atoms with Gasteiger partial charge in [-0.3, -0.25) is 14.6 Å². The number of nitrogens with zero attached hydrogens (tertiary/aromatic N) is 2. The number of hydrogen-bond donors (Lipinski definition) is 3. The summed E-state index contributed by atoms with van der Waals surface area (Å²) in [6.07, 6.45) is 1.56. The molecule has 8 heteroatoms. The standard InChI is InChI=1S/C23H31N5O2.HI/c1-24-21(29)19-9-5-7-17(15-19)11-13-26-23(25-2)27-14-12-18-8-6-10-20(16-18)22(30)28(3)4;/h5-10,15-16H,11-14H2,1-4H3,(H,24,29)(H2,25,26,27);1H. The number of amides is 2. The number of halogens is 1. The van der Waals surface area contributed by atoms with Crippen molar-refractivity contribution in [2.75, 3.05) is 41.3 Å². The van der Waals surface area contributed by atoms with E-state index < -0.39 is 0 Å². The predicted molar refractivity (Wildman–Crippen MR) is 136 cm³/mol. The molecular weight excluding hydrogens is 505 g/mol. The Morgan fingerprint density at radius 1 is 0.903 bits per heavy atom. The summed E-state index contributed by atoms with van der Waals surface area (Å²) in [7, 11) is 6.86. The first-order valence-corrected chi connectivity index (χ1v) is 10.0. The first-order chi connectivity index (χ1) is 14.4. The van der Waals surface area contributed by atoms with Crippen molar-refractivity contribution in [2.24, 2.45) is 4.99 Å².